The van der Waals surface area contributed by atoms with Crippen LogP contribution in [0.3, 0.4) is 0 Å². The zero-order valence-corrected chi connectivity index (χ0v) is 14.1. The number of Topliss-reactive ketones (excluding diaryl/α,β-unsaturated/α-hetero) is 1. The van der Waals surface area contributed by atoms with E-state index in [4.69, 9.17) is 16.7 Å². The van der Waals surface area contributed by atoms with Gasteiger partial charge < -0.3 is 10.2 Å². The van der Waals surface area contributed by atoms with Crippen LogP contribution in [-0.2, 0) is 6.42 Å². The van der Waals surface area contributed by atoms with Gasteiger partial charge in [-0.05, 0) is 57.7 Å². The predicted octanol–water partition coefficient (Wildman–Crippen LogP) is 4.46. The Morgan fingerprint density at radius 1 is 1.23 bits per heavy atom. The van der Waals surface area contributed by atoms with Crippen LogP contribution in [-0.4, -0.2) is 22.6 Å². The molecule has 1 aromatic rings. The molecule has 0 aliphatic heterocycles. The molecule has 0 atom stereocenters. The molecular weight excluding hydrogens is 300 g/mol. The third-order valence-electron chi connectivity index (χ3n) is 3.37. The molecule has 0 aliphatic rings. The fourth-order valence-electron chi connectivity index (χ4n) is 2.04. The third-order valence-corrected chi connectivity index (χ3v) is 3.66. The Kier molecular flexibility index (Phi) is 7.36. The lowest BCUT2D eigenvalue weighted by atomic mass is 10.0. The van der Waals surface area contributed by atoms with Gasteiger partial charge in [0.2, 0.25) is 0 Å². The number of aliphatic hydroxyl groups is 1. The van der Waals surface area contributed by atoms with Gasteiger partial charge in [-0.25, -0.2) is 0 Å². The summed E-state index contributed by atoms with van der Waals surface area (Å²) in [5.74, 6) is -0.420. The van der Waals surface area contributed by atoms with Crippen molar-refractivity contribution in [3.8, 4) is 5.75 Å². The maximum absolute atomic E-state index is 11.6. The van der Waals surface area contributed by atoms with Gasteiger partial charge in [-0.1, -0.05) is 34.9 Å². The highest BCUT2D eigenvalue weighted by atomic mass is 35.5. The Bertz CT molecular complexity index is 597. The number of carbonyl (C=O) groups excluding carboxylic acids is 1. The number of ketones is 1. The van der Waals surface area contributed by atoms with Gasteiger partial charge in [0.1, 0.15) is 12.4 Å². The molecule has 1 rings (SSSR count). The topological polar surface area (TPSA) is 57.5 Å². The molecule has 4 heteroatoms. The lowest BCUT2D eigenvalue weighted by Gasteiger charge is -2.08. The van der Waals surface area contributed by atoms with Crippen molar-refractivity contribution in [3.05, 3.63) is 51.6 Å². The second-order valence-electron chi connectivity index (χ2n) is 5.62. The molecule has 0 aliphatic carbocycles. The molecule has 22 heavy (non-hydrogen) atoms. The van der Waals surface area contributed by atoms with E-state index in [1.807, 2.05) is 13.0 Å². The summed E-state index contributed by atoms with van der Waals surface area (Å²) in [5, 5.41) is 19.1. The number of aliphatic hydroxyl groups excluding tert-OH is 1. The first-order valence-electron chi connectivity index (χ1n) is 7.29. The predicted molar refractivity (Wildman–Crippen MR) is 90.7 cm³/mol. The van der Waals surface area contributed by atoms with Gasteiger partial charge in [0.25, 0.3) is 0 Å². The van der Waals surface area contributed by atoms with E-state index in [0.29, 0.717) is 17.5 Å². The SMILES string of the molecule is CC(C)=CCCC(C)=CCc1cc(C(=O)CO)cc(Cl)c1O. The molecule has 0 spiro atoms. The van der Waals surface area contributed by atoms with Crippen LogP contribution in [0.4, 0.5) is 0 Å². The standard InChI is InChI=1S/C18H23ClO3/c1-12(2)5-4-6-13(3)7-8-14-9-15(17(21)11-20)10-16(19)18(14)22/h5,7,9-10,20,22H,4,6,8,11H2,1-3H3. The van der Waals surface area contributed by atoms with Crippen molar-refractivity contribution in [2.24, 2.45) is 0 Å². The number of rotatable bonds is 7. The van der Waals surface area contributed by atoms with Crippen molar-refractivity contribution in [1.29, 1.82) is 0 Å². The van der Waals surface area contributed by atoms with E-state index in [0.717, 1.165) is 12.8 Å². The summed E-state index contributed by atoms with van der Waals surface area (Å²) in [5.41, 5.74) is 3.42. The smallest absolute Gasteiger partial charge is 0.188 e. The van der Waals surface area contributed by atoms with E-state index >= 15 is 0 Å². The van der Waals surface area contributed by atoms with Crippen molar-refractivity contribution < 1.29 is 15.0 Å². The van der Waals surface area contributed by atoms with Gasteiger partial charge in [-0.3, -0.25) is 4.79 Å². The first-order chi connectivity index (χ1) is 10.3. The minimum Gasteiger partial charge on any atom is -0.506 e. The number of carbonyl (C=O) groups is 1. The Morgan fingerprint density at radius 3 is 2.50 bits per heavy atom. The van der Waals surface area contributed by atoms with Gasteiger partial charge >= 0.3 is 0 Å². The van der Waals surface area contributed by atoms with Crippen molar-refractivity contribution in [1.82, 2.24) is 0 Å². The molecule has 0 radical (unpaired) electrons. The van der Waals surface area contributed by atoms with Crippen LogP contribution in [0.5, 0.6) is 5.75 Å². The zero-order valence-electron chi connectivity index (χ0n) is 13.3. The number of phenols is 1. The summed E-state index contributed by atoms with van der Waals surface area (Å²) in [6.07, 6.45) is 6.65. The van der Waals surface area contributed by atoms with Gasteiger partial charge in [0, 0.05) is 5.56 Å². The van der Waals surface area contributed by atoms with Crippen LogP contribution in [0, 0.1) is 0 Å². The first-order valence-corrected chi connectivity index (χ1v) is 7.67. The molecule has 120 valence electrons. The number of hydrogen-bond acceptors (Lipinski definition) is 3. The van der Waals surface area contributed by atoms with Crippen LogP contribution in [0.15, 0.2) is 35.4 Å². The fraction of sp³-hybridized carbons (Fsp3) is 0.389. The summed E-state index contributed by atoms with van der Waals surface area (Å²) in [6, 6.07) is 2.96. The van der Waals surface area contributed by atoms with Crippen molar-refractivity contribution in [2.45, 2.75) is 40.0 Å². The summed E-state index contributed by atoms with van der Waals surface area (Å²) < 4.78 is 0. The summed E-state index contributed by atoms with van der Waals surface area (Å²) >= 11 is 5.94. The van der Waals surface area contributed by atoms with Crippen LogP contribution >= 0.6 is 11.6 Å². The van der Waals surface area contributed by atoms with Gasteiger partial charge in [-0.2, -0.15) is 0 Å². The van der Waals surface area contributed by atoms with E-state index in [9.17, 15) is 9.90 Å². The highest BCUT2D eigenvalue weighted by molar-refractivity contribution is 6.32. The molecule has 0 amide bonds. The first kappa shape index (κ1) is 18.5. The molecule has 0 saturated carbocycles. The van der Waals surface area contributed by atoms with E-state index in [2.05, 4.69) is 19.9 Å². The van der Waals surface area contributed by atoms with Crippen LogP contribution in [0.25, 0.3) is 0 Å². The lowest BCUT2D eigenvalue weighted by Crippen LogP contribution is -2.05. The number of benzene rings is 1. The maximum Gasteiger partial charge on any atom is 0.188 e. The Morgan fingerprint density at radius 2 is 1.91 bits per heavy atom. The lowest BCUT2D eigenvalue weighted by molar-refractivity contribution is 0.0903. The normalized spacial score (nSPS) is 11.4. The molecule has 0 fully saturated rings. The minimum absolute atomic E-state index is 0.00972. The number of aromatic hydroxyl groups is 1. The summed E-state index contributed by atoms with van der Waals surface area (Å²) in [6.45, 7) is 5.61. The summed E-state index contributed by atoms with van der Waals surface area (Å²) in [4.78, 5) is 11.6. The van der Waals surface area contributed by atoms with Gasteiger partial charge in [0.05, 0.1) is 5.02 Å². The van der Waals surface area contributed by atoms with Crippen LogP contribution in [0.1, 0.15) is 49.5 Å². The fourth-order valence-corrected chi connectivity index (χ4v) is 2.28. The molecule has 0 saturated heterocycles. The van der Waals surface area contributed by atoms with Crippen molar-refractivity contribution >= 4 is 17.4 Å². The van der Waals surface area contributed by atoms with Crippen molar-refractivity contribution in [3.63, 3.8) is 0 Å². The van der Waals surface area contributed by atoms with Gasteiger partial charge in [-0.15, -0.1) is 0 Å². The second-order valence-corrected chi connectivity index (χ2v) is 6.03. The Balaban J connectivity index is 2.86. The summed E-state index contributed by atoms with van der Waals surface area (Å²) in [7, 11) is 0. The number of allylic oxidation sites excluding steroid dienone is 4. The number of halogens is 1. The maximum atomic E-state index is 11.6. The minimum atomic E-state index is -0.571. The van der Waals surface area contributed by atoms with E-state index in [1.54, 1.807) is 6.07 Å². The van der Waals surface area contributed by atoms with Crippen LogP contribution < -0.4 is 0 Å². The number of phenolic OH excluding ortho intramolecular Hbond substituents is 1. The molecule has 3 nitrogen and oxygen atoms in total. The van der Waals surface area contributed by atoms with Gasteiger partial charge in [0.15, 0.2) is 5.78 Å². The Hall–Kier alpha value is -1.58. The quantitative estimate of drug-likeness (QED) is 0.575. The largest absolute Gasteiger partial charge is 0.506 e. The monoisotopic (exact) mass is 322 g/mol. The highest BCUT2D eigenvalue weighted by Crippen LogP contribution is 2.30. The van der Waals surface area contributed by atoms with Crippen molar-refractivity contribution in [2.75, 3.05) is 6.61 Å². The average Bonchev–Trinajstić information content (AvgIpc) is 2.47. The molecule has 2 N–H and O–H groups in total. The number of hydrogen-bond donors (Lipinski definition) is 2. The van der Waals surface area contributed by atoms with E-state index in [-0.39, 0.29) is 10.8 Å². The molecule has 0 bridgehead atoms. The second kappa shape index (κ2) is 8.76. The average molecular weight is 323 g/mol. The highest BCUT2D eigenvalue weighted by Gasteiger charge is 2.12. The molecular formula is C18H23ClO3. The van der Waals surface area contributed by atoms with Crippen LogP contribution in [0.2, 0.25) is 5.02 Å². The van der Waals surface area contributed by atoms with E-state index in [1.165, 1.54) is 17.2 Å². The third kappa shape index (κ3) is 5.66. The molecule has 0 heterocycles. The van der Waals surface area contributed by atoms with E-state index < -0.39 is 12.4 Å². The Labute approximate surface area is 136 Å². The zero-order chi connectivity index (χ0) is 16.7. The molecule has 0 aromatic heterocycles. The molecule has 0 unspecified atom stereocenters. The molecule has 1 aromatic carbocycles.